The van der Waals surface area contributed by atoms with E-state index >= 15 is 0 Å². The van der Waals surface area contributed by atoms with Crippen LogP contribution in [0.15, 0.2) is 18.2 Å². The second-order valence-corrected chi connectivity index (χ2v) is 8.08. The van der Waals surface area contributed by atoms with Crippen molar-refractivity contribution < 1.29 is 14.6 Å². The average molecular weight is 315 g/mol. The number of fused-ring (bicyclic) bond motifs is 2. The topological polar surface area (TPSA) is 49.8 Å². The lowest BCUT2D eigenvalue weighted by atomic mass is 9.42. The van der Waals surface area contributed by atoms with Crippen LogP contribution in [-0.4, -0.2) is 42.2 Å². The van der Waals surface area contributed by atoms with E-state index in [2.05, 4.69) is 37.9 Å². The van der Waals surface area contributed by atoms with Crippen LogP contribution in [0.1, 0.15) is 37.8 Å². The number of rotatable bonds is 2. The van der Waals surface area contributed by atoms with E-state index in [0.717, 1.165) is 25.0 Å². The molecule has 4 aliphatic rings. The van der Waals surface area contributed by atoms with Crippen molar-refractivity contribution in [3.63, 3.8) is 0 Å². The minimum Gasteiger partial charge on any atom is -0.497 e. The van der Waals surface area contributed by atoms with Gasteiger partial charge in [0.1, 0.15) is 5.75 Å². The van der Waals surface area contributed by atoms with Gasteiger partial charge in [0, 0.05) is 17.5 Å². The van der Waals surface area contributed by atoms with Crippen LogP contribution in [0.4, 0.5) is 0 Å². The van der Waals surface area contributed by atoms with Crippen molar-refractivity contribution in [3.05, 3.63) is 29.3 Å². The normalized spacial score (nSPS) is 41.5. The molecule has 2 heterocycles. The number of aliphatic carboxylic acids is 1. The van der Waals surface area contributed by atoms with E-state index in [1.807, 2.05) is 6.07 Å². The van der Waals surface area contributed by atoms with Crippen LogP contribution in [-0.2, 0) is 16.6 Å². The highest BCUT2D eigenvalue weighted by molar-refractivity contribution is 5.72. The average Bonchev–Trinajstić information content (AvgIpc) is 2.51. The van der Waals surface area contributed by atoms with Gasteiger partial charge in [-0.25, -0.2) is 0 Å². The third kappa shape index (κ3) is 1.68. The highest BCUT2D eigenvalue weighted by atomic mass is 16.5. The summed E-state index contributed by atoms with van der Waals surface area (Å²) in [5, 5.41) is 9.67. The third-order valence-electron chi connectivity index (χ3n) is 7.38. The molecule has 4 bridgehead atoms. The van der Waals surface area contributed by atoms with Crippen molar-refractivity contribution in [1.29, 1.82) is 0 Å². The molecule has 0 radical (unpaired) electrons. The molecule has 3 fully saturated rings. The van der Waals surface area contributed by atoms with Crippen molar-refractivity contribution in [3.8, 4) is 5.75 Å². The first-order valence-electron chi connectivity index (χ1n) is 8.44. The lowest BCUT2D eigenvalue weighted by molar-refractivity contribution is -0.176. The van der Waals surface area contributed by atoms with Gasteiger partial charge in [0.2, 0.25) is 0 Å². The predicted molar refractivity (Wildman–Crippen MR) is 87.9 cm³/mol. The van der Waals surface area contributed by atoms with Crippen LogP contribution < -0.4 is 4.74 Å². The molecule has 23 heavy (non-hydrogen) atoms. The van der Waals surface area contributed by atoms with Crippen molar-refractivity contribution in [2.75, 3.05) is 14.2 Å². The smallest absolute Gasteiger partial charge is 0.308 e. The van der Waals surface area contributed by atoms with Crippen LogP contribution in [0.3, 0.4) is 0 Å². The van der Waals surface area contributed by atoms with E-state index in [1.54, 1.807) is 7.11 Å². The maximum Gasteiger partial charge on any atom is 0.308 e. The zero-order valence-electron chi connectivity index (χ0n) is 14.3. The summed E-state index contributed by atoms with van der Waals surface area (Å²) in [5.74, 6) is 0.0121. The Morgan fingerprint density at radius 2 is 2.09 bits per heavy atom. The van der Waals surface area contributed by atoms with Crippen molar-refractivity contribution in [1.82, 2.24) is 4.90 Å². The molecule has 5 atom stereocenters. The van der Waals surface area contributed by atoms with E-state index in [1.165, 1.54) is 11.1 Å². The number of carboxylic acid groups (broad SMARTS) is 1. The quantitative estimate of drug-likeness (QED) is 0.911. The number of piperidine rings is 2. The molecule has 2 saturated heterocycles. The molecule has 4 heteroatoms. The number of hydrogen-bond donors (Lipinski definition) is 1. The van der Waals surface area contributed by atoms with Crippen molar-refractivity contribution >= 4 is 5.97 Å². The molecule has 1 N–H and O–H groups in total. The van der Waals surface area contributed by atoms with Gasteiger partial charge < -0.3 is 9.84 Å². The number of nitrogens with zero attached hydrogens (tertiary/aromatic N) is 1. The second-order valence-electron chi connectivity index (χ2n) is 8.08. The maximum absolute atomic E-state index is 11.8. The minimum absolute atomic E-state index is 0.0150. The van der Waals surface area contributed by atoms with Crippen molar-refractivity contribution in [2.45, 2.75) is 50.6 Å². The monoisotopic (exact) mass is 315 g/mol. The fourth-order valence-corrected chi connectivity index (χ4v) is 5.85. The first-order chi connectivity index (χ1) is 10.8. The number of carboxylic acids is 1. The first kappa shape index (κ1) is 15.0. The number of ether oxygens (including phenoxy) is 1. The van der Waals surface area contributed by atoms with Gasteiger partial charge in [0.05, 0.1) is 13.0 Å². The van der Waals surface area contributed by atoms with Gasteiger partial charge in [0.15, 0.2) is 0 Å². The fraction of sp³-hybridized carbons (Fsp3) is 0.632. The summed E-state index contributed by atoms with van der Waals surface area (Å²) in [6, 6.07) is 6.98. The molecule has 0 spiro atoms. The molecule has 5 rings (SSSR count). The van der Waals surface area contributed by atoms with Crippen LogP contribution in [0.5, 0.6) is 5.75 Å². The Balaban J connectivity index is 1.89. The molecule has 2 aliphatic heterocycles. The fourth-order valence-electron chi connectivity index (χ4n) is 5.85. The second kappa shape index (κ2) is 4.50. The molecule has 124 valence electrons. The Morgan fingerprint density at radius 3 is 2.74 bits per heavy atom. The summed E-state index contributed by atoms with van der Waals surface area (Å²) in [6.45, 7) is 4.65. The number of hydrogen-bond acceptors (Lipinski definition) is 3. The number of likely N-dealkylation sites (N-methyl/N-ethyl adjacent to an activating group) is 1. The number of benzene rings is 1. The third-order valence-corrected chi connectivity index (χ3v) is 7.38. The Hall–Kier alpha value is -1.55. The first-order valence-corrected chi connectivity index (χ1v) is 8.44. The summed E-state index contributed by atoms with van der Waals surface area (Å²) < 4.78 is 5.45. The highest BCUT2D eigenvalue weighted by Gasteiger charge is 2.66. The minimum atomic E-state index is -0.639. The highest BCUT2D eigenvalue weighted by Crippen LogP contribution is 2.64. The summed E-state index contributed by atoms with van der Waals surface area (Å²) >= 11 is 0. The summed E-state index contributed by atoms with van der Waals surface area (Å²) in [7, 11) is 3.83. The van der Waals surface area contributed by atoms with Gasteiger partial charge in [-0.05, 0) is 55.0 Å². The van der Waals surface area contributed by atoms with Gasteiger partial charge in [-0.3, -0.25) is 9.69 Å². The Labute approximate surface area is 137 Å². The Kier molecular flexibility index (Phi) is 2.94. The Bertz CT molecular complexity index is 687. The molecule has 0 aromatic heterocycles. The standard InChI is InChI=1S/C19H25NO3/c1-18-10-15-13(17(21)22)9-19(18,2)16(20(15)3)7-11-5-6-12(23-4)8-14(11)18/h5-6,8,13,15-16H,7,9-10H2,1-4H3,(H,21,22). The molecule has 5 unspecified atom stereocenters. The van der Waals surface area contributed by atoms with Gasteiger partial charge in [-0.2, -0.15) is 0 Å². The van der Waals surface area contributed by atoms with Crippen LogP contribution in [0, 0.1) is 11.3 Å². The zero-order chi connectivity index (χ0) is 16.6. The molecule has 0 amide bonds. The molecule has 1 saturated carbocycles. The van der Waals surface area contributed by atoms with Crippen LogP contribution in [0.2, 0.25) is 0 Å². The van der Waals surface area contributed by atoms with Gasteiger partial charge in [0.25, 0.3) is 0 Å². The lowest BCUT2D eigenvalue weighted by Crippen LogP contribution is -2.73. The molecule has 1 aromatic rings. The van der Waals surface area contributed by atoms with Gasteiger partial charge in [-0.15, -0.1) is 0 Å². The predicted octanol–water partition coefficient (Wildman–Crippen LogP) is 2.69. The van der Waals surface area contributed by atoms with E-state index in [0.29, 0.717) is 6.04 Å². The van der Waals surface area contributed by atoms with Gasteiger partial charge >= 0.3 is 5.97 Å². The molecule has 2 aliphatic carbocycles. The largest absolute Gasteiger partial charge is 0.497 e. The van der Waals surface area contributed by atoms with E-state index < -0.39 is 5.97 Å². The Morgan fingerprint density at radius 1 is 1.35 bits per heavy atom. The van der Waals surface area contributed by atoms with E-state index in [9.17, 15) is 9.90 Å². The zero-order valence-corrected chi connectivity index (χ0v) is 14.3. The summed E-state index contributed by atoms with van der Waals surface area (Å²) in [5.41, 5.74) is 2.77. The van der Waals surface area contributed by atoms with E-state index in [-0.39, 0.29) is 22.8 Å². The molecule has 4 nitrogen and oxygen atoms in total. The number of methoxy groups -OCH3 is 1. The molecular weight excluding hydrogens is 290 g/mol. The van der Waals surface area contributed by atoms with Crippen molar-refractivity contribution in [2.24, 2.45) is 11.3 Å². The van der Waals surface area contributed by atoms with Crippen LogP contribution >= 0.6 is 0 Å². The maximum atomic E-state index is 11.8. The van der Waals surface area contributed by atoms with Gasteiger partial charge in [-0.1, -0.05) is 19.9 Å². The van der Waals surface area contributed by atoms with Crippen LogP contribution in [0.25, 0.3) is 0 Å². The summed E-state index contributed by atoms with van der Waals surface area (Å²) in [6.07, 6.45) is 2.69. The SMILES string of the molecule is COc1ccc2c(c1)C1(C)CC3C(C(=O)O)CC1(C)C(C2)N3C. The number of carbonyl (C=O) groups is 1. The molecule has 1 aromatic carbocycles. The van der Waals surface area contributed by atoms with E-state index in [4.69, 9.17) is 4.74 Å². The summed E-state index contributed by atoms with van der Waals surface area (Å²) in [4.78, 5) is 14.1. The lowest BCUT2D eigenvalue weighted by Gasteiger charge is -2.69. The molecular formula is C19H25NO3.